The zero-order valence-electron chi connectivity index (χ0n) is 10.9. The fourth-order valence-electron chi connectivity index (χ4n) is 2.05. The van der Waals surface area contributed by atoms with Crippen LogP contribution in [-0.2, 0) is 6.42 Å². The average molecular weight is 224 g/mol. The van der Waals surface area contributed by atoms with E-state index in [1.54, 1.807) is 0 Å². The van der Waals surface area contributed by atoms with Gasteiger partial charge >= 0.3 is 0 Å². The Morgan fingerprint density at radius 1 is 0.882 bits per heavy atom. The Kier molecular flexibility index (Phi) is 3.63. The summed E-state index contributed by atoms with van der Waals surface area (Å²) in [6.45, 7) is 6.72. The Morgan fingerprint density at radius 2 is 1.59 bits per heavy atom. The van der Waals surface area contributed by atoms with E-state index in [4.69, 9.17) is 0 Å². The zero-order valence-corrected chi connectivity index (χ0v) is 10.9. The van der Waals surface area contributed by atoms with Crippen molar-refractivity contribution in [3.05, 3.63) is 59.7 Å². The van der Waals surface area contributed by atoms with Crippen molar-refractivity contribution in [2.45, 2.75) is 33.1 Å². The van der Waals surface area contributed by atoms with Crippen molar-refractivity contribution in [1.82, 2.24) is 0 Å². The van der Waals surface area contributed by atoms with E-state index >= 15 is 0 Å². The van der Waals surface area contributed by atoms with Crippen molar-refractivity contribution in [3.8, 4) is 11.1 Å². The lowest BCUT2D eigenvalue weighted by Crippen LogP contribution is -1.92. The molecule has 0 atom stereocenters. The van der Waals surface area contributed by atoms with E-state index in [9.17, 15) is 0 Å². The average Bonchev–Trinajstić information content (AvgIpc) is 2.39. The number of hydrogen-bond acceptors (Lipinski definition) is 0. The van der Waals surface area contributed by atoms with Gasteiger partial charge in [0.25, 0.3) is 0 Å². The smallest absolute Gasteiger partial charge is 0.0178 e. The van der Waals surface area contributed by atoms with E-state index in [0.29, 0.717) is 5.92 Å². The van der Waals surface area contributed by atoms with Gasteiger partial charge in [-0.05, 0) is 34.6 Å². The SMILES string of the molecule is CCc1cc(-c2ccccc2)cc(C(C)C)c1. The van der Waals surface area contributed by atoms with Gasteiger partial charge in [-0.25, -0.2) is 0 Å². The molecule has 0 saturated heterocycles. The van der Waals surface area contributed by atoms with Crippen molar-refractivity contribution in [1.29, 1.82) is 0 Å². The van der Waals surface area contributed by atoms with E-state index in [-0.39, 0.29) is 0 Å². The molecule has 0 N–H and O–H groups in total. The molecule has 0 bridgehead atoms. The van der Waals surface area contributed by atoms with Gasteiger partial charge in [-0.2, -0.15) is 0 Å². The van der Waals surface area contributed by atoms with Crippen molar-refractivity contribution < 1.29 is 0 Å². The summed E-state index contributed by atoms with van der Waals surface area (Å²) in [6.07, 6.45) is 1.10. The maximum absolute atomic E-state index is 2.33. The summed E-state index contributed by atoms with van der Waals surface area (Å²) in [6, 6.07) is 17.6. The Morgan fingerprint density at radius 3 is 2.18 bits per heavy atom. The normalized spacial score (nSPS) is 10.8. The lowest BCUT2D eigenvalue weighted by molar-refractivity contribution is 0.863. The lowest BCUT2D eigenvalue weighted by atomic mass is 9.94. The standard InChI is InChI=1S/C17H20/c1-4-14-10-16(13(2)3)12-17(11-14)15-8-6-5-7-9-15/h5-13H,4H2,1-3H3. The molecule has 0 spiro atoms. The van der Waals surface area contributed by atoms with E-state index in [0.717, 1.165) is 6.42 Å². The third kappa shape index (κ3) is 2.76. The molecule has 0 radical (unpaired) electrons. The molecule has 88 valence electrons. The van der Waals surface area contributed by atoms with Crippen LogP contribution in [0.2, 0.25) is 0 Å². The molecule has 0 heterocycles. The van der Waals surface area contributed by atoms with Crippen LogP contribution in [0.3, 0.4) is 0 Å². The molecule has 0 saturated carbocycles. The molecular formula is C17H20. The summed E-state index contributed by atoms with van der Waals surface area (Å²) in [7, 11) is 0. The monoisotopic (exact) mass is 224 g/mol. The summed E-state index contributed by atoms with van der Waals surface area (Å²) in [5, 5.41) is 0. The first-order valence-corrected chi connectivity index (χ1v) is 6.40. The van der Waals surface area contributed by atoms with Gasteiger partial charge in [0.2, 0.25) is 0 Å². The van der Waals surface area contributed by atoms with Crippen LogP contribution in [0.5, 0.6) is 0 Å². The molecule has 0 aliphatic rings. The Hall–Kier alpha value is -1.56. The predicted octanol–water partition coefficient (Wildman–Crippen LogP) is 5.04. The molecule has 0 heteroatoms. The summed E-state index contributed by atoms with van der Waals surface area (Å²) in [5.74, 6) is 0.587. The highest BCUT2D eigenvalue weighted by Crippen LogP contribution is 2.26. The van der Waals surface area contributed by atoms with E-state index in [2.05, 4.69) is 69.3 Å². The van der Waals surface area contributed by atoms with Crippen LogP contribution >= 0.6 is 0 Å². The Bertz CT molecular complexity index is 481. The molecule has 0 aliphatic carbocycles. The Labute approximate surface area is 104 Å². The second-order valence-corrected chi connectivity index (χ2v) is 4.84. The van der Waals surface area contributed by atoms with Crippen LogP contribution in [0.15, 0.2) is 48.5 Å². The highest BCUT2D eigenvalue weighted by atomic mass is 14.1. The van der Waals surface area contributed by atoms with E-state index in [1.165, 1.54) is 22.3 Å². The molecule has 17 heavy (non-hydrogen) atoms. The van der Waals surface area contributed by atoms with Crippen LogP contribution in [0.4, 0.5) is 0 Å². The van der Waals surface area contributed by atoms with E-state index < -0.39 is 0 Å². The molecule has 2 rings (SSSR count). The first-order chi connectivity index (χ1) is 8.20. The van der Waals surface area contributed by atoms with Crippen molar-refractivity contribution in [3.63, 3.8) is 0 Å². The van der Waals surface area contributed by atoms with Gasteiger partial charge in [0.05, 0.1) is 0 Å². The zero-order chi connectivity index (χ0) is 12.3. The number of hydrogen-bond donors (Lipinski definition) is 0. The molecule has 0 aromatic heterocycles. The topological polar surface area (TPSA) is 0 Å². The van der Waals surface area contributed by atoms with Crippen LogP contribution < -0.4 is 0 Å². The molecule has 0 unspecified atom stereocenters. The van der Waals surface area contributed by atoms with Crippen LogP contribution in [-0.4, -0.2) is 0 Å². The lowest BCUT2D eigenvalue weighted by Gasteiger charge is -2.11. The molecule has 0 aliphatic heterocycles. The fourth-order valence-corrected chi connectivity index (χ4v) is 2.05. The van der Waals surface area contributed by atoms with Gasteiger partial charge < -0.3 is 0 Å². The van der Waals surface area contributed by atoms with Crippen molar-refractivity contribution >= 4 is 0 Å². The second kappa shape index (κ2) is 5.18. The highest BCUT2D eigenvalue weighted by molar-refractivity contribution is 5.65. The molecule has 0 nitrogen and oxygen atoms in total. The van der Waals surface area contributed by atoms with Gasteiger partial charge in [-0.15, -0.1) is 0 Å². The van der Waals surface area contributed by atoms with Gasteiger partial charge in [-0.3, -0.25) is 0 Å². The van der Waals surface area contributed by atoms with Crippen LogP contribution in [0.1, 0.15) is 37.8 Å². The van der Waals surface area contributed by atoms with Crippen LogP contribution in [0, 0.1) is 0 Å². The Balaban J connectivity index is 2.50. The minimum atomic E-state index is 0.587. The van der Waals surface area contributed by atoms with Gasteiger partial charge in [0.1, 0.15) is 0 Å². The largest absolute Gasteiger partial charge is 0.0622 e. The summed E-state index contributed by atoms with van der Waals surface area (Å²) < 4.78 is 0. The van der Waals surface area contributed by atoms with Gasteiger partial charge in [-0.1, -0.05) is 69.3 Å². The third-order valence-corrected chi connectivity index (χ3v) is 3.20. The van der Waals surface area contributed by atoms with E-state index in [1.807, 2.05) is 0 Å². The van der Waals surface area contributed by atoms with Crippen LogP contribution in [0.25, 0.3) is 11.1 Å². The third-order valence-electron chi connectivity index (χ3n) is 3.20. The van der Waals surface area contributed by atoms with Crippen molar-refractivity contribution in [2.75, 3.05) is 0 Å². The number of rotatable bonds is 3. The van der Waals surface area contributed by atoms with Crippen molar-refractivity contribution in [2.24, 2.45) is 0 Å². The number of aryl methyl sites for hydroxylation is 1. The number of benzene rings is 2. The quantitative estimate of drug-likeness (QED) is 0.685. The van der Waals surface area contributed by atoms with Gasteiger partial charge in [0.15, 0.2) is 0 Å². The molecule has 0 fully saturated rings. The second-order valence-electron chi connectivity index (χ2n) is 4.84. The summed E-state index contributed by atoms with van der Waals surface area (Å²) >= 11 is 0. The first-order valence-electron chi connectivity index (χ1n) is 6.40. The molecule has 0 amide bonds. The maximum atomic E-state index is 2.33. The minimum Gasteiger partial charge on any atom is -0.0622 e. The predicted molar refractivity (Wildman–Crippen MR) is 75.3 cm³/mol. The molecular weight excluding hydrogens is 204 g/mol. The first kappa shape index (κ1) is 11.9. The van der Waals surface area contributed by atoms with Gasteiger partial charge in [0, 0.05) is 0 Å². The fraction of sp³-hybridized carbons (Fsp3) is 0.294. The molecule has 2 aromatic rings. The highest BCUT2D eigenvalue weighted by Gasteiger charge is 2.05. The summed E-state index contributed by atoms with van der Waals surface area (Å²) in [5.41, 5.74) is 5.51. The summed E-state index contributed by atoms with van der Waals surface area (Å²) in [4.78, 5) is 0. The maximum Gasteiger partial charge on any atom is -0.0178 e. The molecule has 2 aromatic carbocycles. The minimum absolute atomic E-state index is 0.587.